The number of hydrogen-bond acceptors (Lipinski definition) is 4. The van der Waals surface area contributed by atoms with Crippen molar-refractivity contribution in [3.8, 4) is 0 Å². The molecule has 0 aliphatic carbocycles. The first kappa shape index (κ1) is 17.4. The fourth-order valence-electron chi connectivity index (χ4n) is 1.65. The van der Waals surface area contributed by atoms with Crippen LogP contribution in [0.2, 0.25) is 0 Å². The van der Waals surface area contributed by atoms with Crippen molar-refractivity contribution in [3.63, 3.8) is 0 Å². The van der Waals surface area contributed by atoms with Gasteiger partial charge in [0.05, 0.1) is 0 Å². The molecule has 1 aromatic carbocycles. The van der Waals surface area contributed by atoms with Crippen LogP contribution in [0.1, 0.15) is 18.9 Å². The van der Waals surface area contributed by atoms with Crippen molar-refractivity contribution >= 4 is 21.8 Å². The molecule has 0 aliphatic heterocycles. The molecule has 0 aliphatic rings. The minimum absolute atomic E-state index is 0.0677. The molecule has 0 aromatic heterocycles. The van der Waals surface area contributed by atoms with Crippen LogP contribution in [0, 0.1) is 11.6 Å². The molecule has 4 nitrogen and oxygen atoms in total. The van der Waals surface area contributed by atoms with E-state index >= 15 is 0 Å². The van der Waals surface area contributed by atoms with Crippen LogP contribution in [0.5, 0.6) is 0 Å². The number of halogens is 2. The average molecular weight is 324 g/mol. The molecule has 8 heteroatoms. The summed E-state index contributed by atoms with van der Waals surface area (Å²) < 4.78 is 53.8. The van der Waals surface area contributed by atoms with E-state index in [1.165, 1.54) is 11.8 Å². The Kier molecular flexibility index (Phi) is 6.38. The van der Waals surface area contributed by atoms with E-state index in [1.54, 1.807) is 0 Å². The van der Waals surface area contributed by atoms with Gasteiger partial charge in [-0.3, -0.25) is 0 Å². The van der Waals surface area contributed by atoms with E-state index in [4.69, 9.17) is 5.73 Å². The van der Waals surface area contributed by atoms with Gasteiger partial charge in [0.15, 0.2) is 11.6 Å². The minimum Gasteiger partial charge on any atom is -0.326 e. The second kappa shape index (κ2) is 7.35. The normalized spacial score (nSPS) is 13.4. The molecule has 0 saturated heterocycles. The Balaban J connectivity index is 3.18. The molecule has 0 amide bonds. The van der Waals surface area contributed by atoms with E-state index < -0.39 is 26.6 Å². The molecule has 1 aromatic rings. The van der Waals surface area contributed by atoms with E-state index in [0.717, 1.165) is 12.1 Å². The molecule has 1 unspecified atom stereocenters. The van der Waals surface area contributed by atoms with E-state index in [9.17, 15) is 17.2 Å². The molecule has 114 valence electrons. The Morgan fingerprint density at radius 3 is 2.55 bits per heavy atom. The summed E-state index contributed by atoms with van der Waals surface area (Å²) in [5.41, 5.74) is 5.57. The first-order valence-corrected chi connectivity index (χ1v) is 8.92. The van der Waals surface area contributed by atoms with E-state index in [2.05, 4.69) is 4.72 Å². The van der Waals surface area contributed by atoms with Crippen LogP contribution in [0.4, 0.5) is 8.78 Å². The maximum atomic E-state index is 13.7. The lowest BCUT2D eigenvalue weighted by Gasteiger charge is -2.16. The number of hydrogen-bond donors (Lipinski definition) is 2. The molecular weight excluding hydrogens is 306 g/mol. The molecule has 0 heterocycles. The van der Waals surface area contributed by atoms with Crippen molar-refractivity contribution in [3.05, 3.63) is 29.3 Å². The van der Waals surface area contributed by atoms with Crippen molar-refractivity contribution in [1.29, 1.82) is 0 Å². The van der Waals surface area contributed by atoms with Gasteiger partial charge in [-0.2, -0.15) is 11.8 Å². The van der Waals surface area contributed by atoms with Gasteiger partial charge in [0.1, 0.15) is 4.90 Å². The van der Waals surface area contributed by atoms with Gasteiger partial charge in [-0.15, -0.1) is 0 Å². The van der Waals surface area contributed by atoms with Crippen molar-refractivity contribution in [2.24, 2.45) is 5.73 Å². The molecule has 20 heavy (non-hydrogen) atoms. The van der Waals surface area contributed by atoms with Crippen LogP contribution in [0.3, 0.4) is 0 Å². The van der Waals surface area contributed by atoms with Gasteiger partial charge >= 0.3 is 0 Å². The second-order valence-electron chi connectivity index (χ2n) is 4.28. The van der Waals surface area contributed by atoms with Crippen molar-refractivity contribution in [2.45, 2.75) is 30.8 Å². The number of rotatable bonds is 7. The predicted molar refractivity (Wildman–Crippen MR) is 77.0 cm³/mol. The molecule has 0 saturated carbocycles. The number of thioether (sulfide) groups is 1. The lowest BCUT2D eigenvalue weighted by molar-refractivity contribution is 0.479. The highest BCUT2D eigenvalue weighted by Gasteiger charge is 2.25. The van der Waals surface area contributed by atoms with Crippen LogP contribution in [0.15, 0.2) is 17.0 Å². The third-order valence-corrected chi connectivity index (χ3v) is 5.02. The molecular formula is C12H18F2N2O2S2. The Labute approximate surface area is 122 Å². The van der Waals surface area contributed by atoms with Gasteiger partial charge in [0.25, 0.3) is 0 Å². The first-order chi connectivity index (χ1) is 9.35. The molecule has 1 atom stereocenters. The third kappa shape index (κ3) is 4.15. The van der Waals surface area contributed by atoms with Crippen molar-refractivity contribution in [2.75, 3.05) is 12.0 Å². The molecule has 0 spiro atoms. The fourth-order valence-corrected chi connectivity index (χ4v) is 3.93. The molecule has 1 rings (SSSR count). The van der Waals surface area contributed by atoms with Crippen molar-refractivity contribution in [1.82, 2.24) is 4.72 Å². The van der Waals surface area contributed by atoms with Crippen LogP contribution in [0.25, 0.3) is 0 Å². The SMILES string of the molecule is CCC(CSC)NS(=O)(=O)c1cc(CN)cc(F)c1F. The van der Waals surface area contributed by atoms with E-state index in [1.807, 2.05) is 13.2 Å². The first-order valence-electron chi connectivity index (χ1n) is 6.05. The summed E-state index contributed by atoms with van der Waals surface area (Å²) in [5.74, 6) is -2.05. The number of benzene rings is 1. The second-order valence-corrected chi connectivity index (χ2v) is 6.87. The fraction of sp³-hybridized carbons (Fsp3) is 0.500. The zero-order chi connectivity index (χ0) is 15.3. The zero-order valence-corrected chi connectivity index (χ0v) is 13.0. The van der Waals surface area contributed by atoms with Crippen LogP contribution >= 0.6 is 11.8 Å². The largest absolute Gasteiger partial charge is 0.326 e. The van der Waals surface area contributed by atoms with Gasteiger partial charge in [-0.25, -0.2) is 21.9 Å². The molecule has 3 N–H and O–H groups in total. The van der Waals surface area contributed by atoms with E-state index in [-0.39, 0.29) is 18.2 Å². The summed E-state index contributed by atoms with van der Waals surface area (Å²) in [4.78, 5) is -0.697. The van der Waals surface area contributed by atoms with E-state index in [0.29, 0.717) is 12.2 Å². The maximum Gasteiger partial charge on any atom is 0.243 e. The summed E-state index contributed by atoms with van der Waals surface area (Å²) in [5, 5.41) is 0. The minimum atomic E-state index is -4.11. The highest BCUT2D eigenvalue weighted by atomic mass is 32.2. The van der Waals surface area contributed by atoms with Crippen LogP contribution in [-0.2, 0) is 16.6 Å². The molecule has 0 radical (unpaired) electrons. The Morgan fingerprint density at radius 1 is 1.40 bits per heavy atom. The number of nitrogens with one attached hydrogen (secondary N) is 1. The van der Waals surface area contributed by atoms with Crippen molar-refractivity contribution < 1.29 is 17.2 Å². The monoisotopic (exact) mass is 324 g/mol. The van der Waals surface area contributed by atoms with Gasteiger partial charge in [0, 0.05) is 18.3 Å². The topological polar surface area (TPSA) is 72.2 Å². The third-order valence-electron chi connectivity index (χ3n) is 2.76. The quantitative estimate of drug-likeness (QED) is 0.803. The summed E-state index contributed by atoms with van der Waals surface area (Å²) in [7, 11) is -4.11. The lowest BCUT2D eigenvalue weighted by atomic mass is 10.2. The molecule has 0 bridgehead atoms. The summed E-state index contributed by atoms with van der Waals surface area (Å²) in [6.07, 6.45) is 2.40. The Hall–Kier alpha value is -0.700. The van der Waals surface area contributed by atoms with Gasteiger partial charge in [-0.1, -0.05) is 6.92 Å². The van der Waals surface area contributed by atoms with Gasteiger partial charge in [-0.05, 0) is 30.4 Å². The highest BCUT2D eigenvalue weighted by Crippen LogP contribution is 2.20. The average Bonchev–Trinajstić information content (AvgIpc) is 2.40. The Morgan fingerprint density at radius 2 is 2.05 bits per heavy atom. The Bertz CT molecular complexity index is 565. The number of nitrogens with two attached hydrogens (primary N) is 1. The van der Waals surface area contributed by atoms with Crippen LogP contribution in [-0.4, -0.2) is 26.5 Å². The van der Waals surface area contributed by atoms with Gasteiger partial charge in [0.2, 0.25) is 10.0 Å². The van der Waals surface area contributed by atoms with Gasteiger partial charge < -0.3 is 5.73 Å². The highest BCUT2D eigenvalue weighted by molar-refractivity contribution is 7.98. The summed E-state index contributed by atoms with van der Waals surface area (Å²) in [6.45, 7) is 1.75. The van der Waals surface area contributed by atoms with Crippen LogP contribution < -0.4 is 10.5 Å². The summed E-state index contributed by atoms with van der Waals surface area (Å²) in [6, 6.07) is 1.62. The molecule has 0 fully saturated rings. The maximum absolute atomic E-state index is 13.7. The number of sulfonamides is 1. The zero-order valence-electron chi connectivity index (χ0n) is 11.3. The standard InChI is InChI=1S/C12H18F2N2O2S2/c1-3-9(7-19-2)16-20(17,18)11-5-8(6-15)4-10(13)12(11)14/h4-5,9,16H,3,6-7,15H2,1-2H3. The predicted octanol–water partition coefficient (Wildman–Crippen LogP) is 1.84. The lowest BCUT2D eigenvalue weighted by Crippen LogP contribution is -2.36. The summed E-state index contributed by atoms with van der Waals surface area (Å²) >= 11 is 1.47. The smallest absolute Gasteiger partial charge is 0.243 e.